The summed E-state index contributed by atoms with van der Waals surface area (Å²) in [4.78, 5) is 7.98. The second-order valence-corrected chi connectivity index (χ2v) is 9.87. The van der Waals surface area contributed by atoms with Crippen LogP contribution in [0.1, 0.15) is 17.2 Å². The highest BCUT2D eigenvalue weighted by Crippen LogP contribution is 2.31. The molecule has 5 nitrogen and oxygen atoms in total. The van der Waals surface area contributed by atoms with E-state index in [9.17, 15) is 5.11 Å². The Bertz CT molecular complexity index is 1190. The number of hydrogen-bond donors (Lipinski definition) is 2. The number of H-pyrrole nitrogens is 1. The quantitative estimate of drug-likeness (QED) is 0.323. The van der Waals surface area contributed by atoms with Crippen molar-refractivity contribution in [3.63, 3.8) is 0 Å². The molecule has 0 amide bonds. The second-order valence-electron chi connectivity index (χ2n) is 9.00. The number of aromatic nitrogens is 1. The number of piperazine rings is 1. The molecule has 35 heavy (non-hydrogen) atoms. The van der Waals surface area contributed by atoms with Crippen LogP contribution >= 0.6 is 23.2 Å². The average molecular weight is 510 g/mol. The number of hydrogen-bond acceptors (Lipinski definition) is 4. The first kappa shape index (κ1) is 24.2. The molecule has 1 saturated heterocycles. The van der Waals surface area contributed by atoms with E-state index in [4.69, 9.17) is 27.9 Å². The van der Waals surface area contributed by atoms with Gasteiger partial charge in [0, 0.05) is 59.9 Å². The minimum atomic E-state index is -0.556. The van der Waals surface area contributed by atoms with E-state index < -0.39 is 6.10 Å². The van der Waals surface area contributed by atoms with E-state index in [0.29, 0.717) is 6.54 Å². The zero-order valence-electron chi connectivity index (χ0n) is 19.4. The molecule has 5 rings (SSSR count). The van der Waals surface area contributed by atoms with Gasteiger partial charge in [-0.2, -0.15) is 0 Å². The highest BCUT2D eigenvalue weighted by atomic mass is 35.5. The summed E-state index contributed by atoms with van der Waals surface area (Å²) >= 11 is 12.3. The van der Waals surface area contributed by atoms with Gasteiger partial charge in [-0.05, 0) is 53.6 Å². The fourth-order valence-electron chi connectivity index (χ4n) is 4.83. The maximum atomic E-state index is 10.7. The van der Waals surface area contributed by atoms with Crippen molar-refractivity contribution in [1.82, 2.24) is 14.8 Å². The van der Waals surface area contributed by atoms with Crippen molar-refractivity contribution in [3.05, 3.63) is 100 Å². The molecule has 0 aliphatic carbocycles. The van der Waals surface area contributed by atoms with E-state index in [1.165, 1.54) is 11.1 Å². The normalized spacial score (nSPS) is 16.1. The molecule has 0 radical (unpaired) electrons. The van der Waals surface area contributed by atoms with Crippen LogP contribution in [0, 0.1) is 0 Å². The molecule has 3 aromatic carbocycles. The molecule has 1 fully saturated rings. The molecule has 0 bridgehead atoms. The largest absolute Gasteiger partial charge is 0.490 e. The van der Waals surface area contributed by atoms with Crippen molar-refractivity contribution < 1.29 is 9.84 Å². The summed E-state index contributed by atoms with van der Waals surface area (Å²) in [5.41, 5.74) is 3.44. The zero-order chi connectivity index (χ0) is 24.2. The van der Waals surface area contributed by atoms with Crippen LogP contribution in [0.4, 0.5) is 0 Å². The Balaban J connectivity index is 1.19. The summed E-state index contributed by atoms with van der Waals surface area (Å²) in [6, 6.07) is 24.2. The Kier molecular flexibility index (Phi) is 7.61. The van der Waals surface area contributed by atoms with Crippen LogP contribution in [0.5, 0.6) is 5.75 Å². The van der Waals surface area contributed by atoms with E-state index in [-0.39, 0.29) is 12.6 Å². The summed E-state index contributed by atoms with van der Waals surface area (Å²) in [5, 5.41) is 13.2. The SMILES string of the molecule is O[C@H](COc1cccc2[nH]ccc12)CN1CCN(C(c2ccc(Cl)cc2)c2ccc(Cl)cc2)CC1. The molecule has 2 N–H and O–H groups in total. The van der Waals surface area contributed by atoms with Gasteiger partial charge in [-0.15, -0.1) is 0 Å². The molecule has 1 aromatic heterocycles. The van der Waals surface area contributed by atoms with Gasteiger partial charge in [-0.25, -0.2) is 0 Å². The third kappa shape index (κ3) is 5.83. The summed E-state index contributed by atoms with van der Waals surface area (Å²) in [5.74, 6) is 0.793. The number of benzene rings is 3. The van der Waals surface area contributed by atoms with Crippen molar-refractivity contribution in [2.45, 2.75) is 12.1 Å². The molecular weight excluding hydrogens is 481 g/mol. The fraction of sp³-hybridized carbons (Fsp3) is 0.286. The first-order valence-electron chi connectivity index (χ1n) is 11.9. The lowest BCUT2D eigenvalue weighted by molar-refractivity contribution is 0.0404. The molecule has 1 aliphatic heterocycles. The van der Waals surface area contributed by atoms with Gasteiger partial charge in [0.15, 0.2) is 0 Å². The first-order valence-corrected chi connectivity index (χ1v) is 12.7. The highest BCUT2D eigenvalue weighted by Gasteiger charge is 2.27. The molecule has 4 aromatic rings. The Labute approximate surface area is 215 Å². The zero-order valence-corrected chi connectivity index (χ0v) is 20.9. The molecule has 0 unspecified atom stereocenters. The van der Waals surface area contributed by atoms with Crippen LogP contribution in [0.2, 0.25) is 10.0 Å². The van der Waals surface area contributed by atoms with Gasteiger partial charge >= 0.3 is 0 Å². The van der Waals surface area contributed by atoms with Gasteiger partial charge in [-0.1, -0.05) is 53.5 Å². The van der Waals surface area contributed by atoms with E-state index in [1.807, 2.05) is 54.7 Å². The van der Waals surface area contributed by atoms with Crippen molar-refractivity contribution in [2.75, 3.05) is 39.3 Å². The molecule has 0 spiro atoms. The van der Waals surface area contributed by atoms with Crippen LogP contribution in [-0.4, -0.2) is 65.3 Å². The predicted molar refractivity (Wildman–Crippen MR) is 143 cm³/mol. The number of aliphatic hydroxyl groups excluding tert-OH is 1. The van der Waals surface area contributed by atoms with Crippen molar-refractivity contribution >= 4 is 34.1 Å². The van der Waals surface area contributed by atoms with Gasteiger partial charge < -0.3 is 14.8 Å². The molecule has 2 heterocycles. The van der Waals surface area contributed by atoms with Crippen LogP contribution < -0.4 is 4.74 Å². The van der Waals surface area contributed by atoms with E-state index in [2.05, 4.69) is 39.0 Å². The summed E-state index contributed by atoms with van der Waals surface area (Å²) < 4.78 is 5.95. The smallest absolute Gasteiger partial charge is 0.128 e. The van der Waals surface area contributed by atoms with Crippen LogP contribution in [0.25, 0.3) is 10.9 Å². The number of nitrogens with zero attached hydrogens (tertiary/aromatic N) is 2. The summed E-state index contributed by atoms with van der Waals surface area (Å²) in [7, 11) is 0. The first-order chi connectivity index (χ1) is 17.1. The van der Waals surface area contributed by atoms with Crippen molar-refractivity contribution in [1.29, 1.82) is 0 Å². The van der Waals surface area contributed by atoms with Gasteiger partial charge in [-0.3, -0.25) is 9.80 Å². The van der Waals surface area contributed by atoms with Gasteiger partial charge in [0.25, 0.3) is 0 Å². The summed E-state index contributed by atoms with van der Waals surface area (Å²) in [6.07, 6.45) is 1.34. The molecule has 7 heteroatoms. The lowest BCUT2D eigenvalue weighted by atomic mass is 9.96. The lowest BCUT2D eigenvalue weighted by Crippen LogP contribution is -2.50. The van der Waals surface area contributed by atoms with Gasteiger partial charge in [0.05, 0.1) is 6.04 Å². The Morgan fingerprint density at radius 1 is 0.829 bits per heavy atom. The number of rotatable bonds is 8. The maximum Gasteiger partial charge on any atom is 0.128 e. The van der Waals surface area contributed by atoms with Gasteiger partial charge in [0.2, 0.25) is 0 Å². The van der Waals surface area contributed by atoms with Crippen LogP contribution in [0.3, 0.4) is 0 Å². The van der Waals surface area contributed by atoms with Crippen LogP contribution in [0.15, 0.2) is 79.0 Å². The average Bonchev–Trinajstić information content (AvgIpc) is 3.36. The molecule has 1 aliphatic rings. The third-order valence-electron chi connectivity index (χ3n) is 6.60. The molecular formula is C28H29Cl2N3O2. The topological polar surface area (TPSA) is 51.7 Å². The van der Waals surface area contributed by atoms with Crippen LogP contribution in [-0.2, 0) is 0 Å². The fourth-order valence-corrected chi connectivity index (χ4v) is 5.08. The van der Waals surface area contributed by atoms with E-state index in [0.717, 1.165) is 52.9 Å². The minimum absolute atomic E-state index is 0.127. The number of ether oxygens (including phenoxy) is 1. The minimum Gasteiger partial charge on any atom is -0.490 e. The predicted octanol–water partition coefficient (Wildman–Crippen LogP) is 5.62. The Morgan fingerprint density at radius 3 is 2.09 bits per heavy atom. The van der Waals surface area contributed by atoms with Crippen molar-refractivity contribution in [2.24, 2.45) is 0 Å². The Morgan fingerprint density at radius 2 is 1.46 bits per heavy atom. The third-order valence-corrected chi connectivity index (χ3v) is 7.10. The van der Waals surface area contributed by atoms with Gasteiger partial charge in [0.1, 0.15) is 18.5 Å². The number of aliphatic hydroxyl groups is 1. The monoisotopic (exact) mass is 509 g/mol. The number of fused-ring (bicyclic) bond motifs is 1. The number of halogens is 2. The Hall–Kier alpha value is -2.54. The second kappa shape index (κ2) is 11.0. The highest BCUT2D eigenvalue weighted by molar-refractivity contribution is 6.30. The lowest BCUT2D eigenvalue weighted by Gasteiger charge is -2.40. The maximum absolute atomic E-state index is 10.7. The van der Waals surface area contributed by atoms with E-state index >= 15 is 0 Å². The van der Waals surface area contributed by atoms with E-state index in [1.54, 1.807) is 0 Å². The number of nitrogens with one attached hydrogen (secondary N) is 1. The standard InChI is InChI=1S/C28H29Cl2N3O2/c29-22-8-4-20(5-9-22)28(21-6-10-23(30)11-7-21)33-16-14-32(15-17-33)18-24(34)19-35-27-3-1-2-26-25(27)12-13-31-26/h1-13,24,28,31,34H,14-19H2/t24-/m0/s1. The van der Waals surface area contributed by atoms with Crippen molar-refractivity contribution in [3.8, 4) is 5.75 Å². The molecule has 0 saturated carbocycles. The number of β-amino-alcohol motifs (C(OH)–C–C–N with tert-alkyl or cyclic N) is 1. The summed E-state index contributed by atoms with van der Waals surface area (Å²) in [6.45, 7) is 4.40. The molecule has 1 atom stereocenters. The molecule has 182 valence electrons. The number of aromatic amines is 1.